The molecule has 0 amide bonds. The maximum absolute atomic E-state index is 5.50. The average Bonchev–Trinajstić information content (AvgIpc) is 2.48. The van der Waals surface area contributed by atoms with E-state index < -0.39 is 0 Å². The van der Waals surface area contributed by atoms with Crippen LogP contribution in [0, 0.1) is 11.8 Å². The van der Waals surface area contributed by atoms with Gasteiger partial charge in [-0.1, -0.05) is 31.1 Å². The van der Waals surface area contributed by atoms with Gasteiger partial charge in [0.25, 0.3) is 0 Å². The van der Waals surface area contributed by atoms with Crippen molar-refractivity contribution >= 4 is 0 Å². The van der Waals surface area contributed by atoms with Crippen LogP contribution in [0.25, 0.3) is 0 Å². The van der Waals surface area contributed by atoms with E-state index >= 15 is 0 Å². The fourth-order valence-corrected chi connectivity index (χ4v) is 2.81. The maximum Gasteiger partial charge on any atom is 0.119 e. The Hall–Kier alpha value is -1.50. The number of benzene rings is 1. The molecule has 1 heterocycles. The molecule has 1 fully saturated rings. The minimum atomic E-state index is 0.398. The van der Waals surface area contributed by atoms with Gasteiger partial charge in [0.15, 0.2) is 0 Å². The van der Waals surface area contributed by atoms with Crippen molar-refractivity contribution in [3.05, 3.63) is 29.3 Å². The monoisotopic (exact) mass is 286 g/mol. The minimum Gasteiger partial charge on any atom is -0.497 e. The van der Waals surface area contributed by atoms with Crippen LogP contribution in [0.5, 0.6) is 5.75 Å². The smallest absolute Gasteiger partial charge is 0.119 e. The van der Waals surface area contributed by atoms with Crippen LogP contribution >= 0.6 is 0 Å². The summed E-state index contributed by atoms with van der Waals surface area (Å²) in [6, 6.07) is 6.12. The summed E-state index contributed by atoms with van der Waals surface area (Å²) in [6.45, 7) is 3.71. The molecule has 1 aromatic carbocycles. The number of rotatable bonds is 3. The summed E-state index contributed by atoms with van der Waals surface area (Å²) in [4.78, 5) is 2.54. The molecule has 3 nitrogen and oxygen atoms in total. The topological polar surface area (TPSA) is 38.5 Å². The quantitative estimate of drug-likeness (QED) is 0.868. The third kappa shape index (κ3) is 5.08. The van der Waals surface area contributed by atoms with Crippen LogP contribution < -0.4 is 10.5 Å². The number of nitrogens with two attached hydrogens (primary N) is 1. The van der Waals surface area contributed by atoms with Gasteiger partial charge >= 0.3 is 0 Å². The Labute approximate surface area is 128 Å². The minimum absolute atomic E-state index is 0.398. The van der Waals surface area contributed by atoms with Crippen molar-refractivity contribution in [3.63, 3.8) is 0 Å². The Morgan fingerprint density at radius 2 is 1.86 bits per heavy atom. The van der Waals surface area contributed by atoms with Crippen LogP contribution in [0.3, 0.4) is 0 Å². The molecule has 0 bridgehead atoms. The van der Waals surface area contributed by atoms with Crippen molar-refractivity contribution in [2.75, 3.05) is 26.7 Å². The number of ether oxygens (including phenoxy) is 1. The highest BCUT2D eigenvalue weighted by Crippen LogP contribution is 2.20. The van der Waals surface area contributed by atoms with Gasteiger partial charge in [-0.25, -0.2) is 0 Å². The Morgan fingerprint density at radius 1 is 1.14 bits per heavy atom. The molecule has 0 atom stereocenters. The van der Waals surface area contributed by atoms with Crippen LogP contribution in [-0.4, -0.2) is 31.6 Å². The summed E-state index contributed by atoms with van der Waals surface area (Å²) in [5.74, 6) is 7.04. The lowest BCUT2D eigenvalue weighted by atomic mass is 10.0. The largest absolute Gasteiger partial charge is 0.497 e. The van der Waals surface area contributed by atoms with Crippen LogP contribution in [0.4, 0.5) is 0 Å². The predicted octanol–water partition coefficient (Wildman–Crippen LogP) is 2.77. The first-order valence-electron chi connectivity index (χ1n) is 7.91. The van der Waals surface area contributed by atoms with Crippen LogP contribution in [0.15, 0.2) is 18.2 Å². The van der Waals surface area contributed by atoms with Gasteiger partial charge in [0, 0.05) is 12.1 Å². The Morgan fingerprint density at radius 3 is 2.52 bits per heavy atom. The molecule has 0 aliphatic carbocycles. The van der Waals surface area contributed by atoms with E-state index in [4.69, 9.17) is 10.5 Å². The second-order valence-corrected chi connectivity index (χ2v) is 5.57. The van der Waals surface area contributed by atoms with E-state index in [-0.39, 0.29) is 0 Å². The summed E-state index contributed by atoms with van der Waals surface area (Å²) >= 11 is 0. The van der Waals surface area contributed by atoms with Crippen molar-refractivity contribution < 1.29 is 4.74 Å². The molecular formula is C18H26N2O. The third-order valence-electron chi connectivity index (χ3n) is 3.98. The standard InChI is InChI=1S/C18H26N2O/c1-21-18-10-9-16(8-7-11-19)17(14-18)15-20-12-5-3-2-4-6-13-20/h9-10,14H,2-6,11-13,15,19H2,1H3. The SMILES string of the molecule is COc1ccc(C#CCN)c(CN2CCCCCCC2)c1. The molecule has 114 valence electrons. The molecule has 1 saturated heterocycles. The zero-order valence-electron chi connectivity index (χ0n) is 13.0. The Balaban J connectivity index is 2.14. The highest BCUT2D eigenvalue weighted by molar-refractivity contribution is 5.45. The molecule has 2 rings (SSSR count). The van der Waals surface area contributed by atoms with Gasteiger partial charge in [0.05, 0.1) is 13.7 Å². The average molecular weight is 286 g/mol. The predicted molar refractivity (Wildman–Crippen MR) is 87.3 cm³/mol. The fraction of sp³-hybridized carbons (Fsp3) is 0.556. The van der Waals surface area contributed by atoms with Gasteiger partial charge in [-0.05, 0) is 49.7 Å². The van der Waals surface area contributed by atoms with E-state index in [0.29, 0.717) is 6.54 Å². The van der Waals surface area contributed by atoms with Crippen LogP contribution in [0.2, 0.25) is 0 Å². The zero-order valence-corrected chi connectivity index (χ0v) is 13.0. The van der Waals surface area contributed by atoms with Gasteiger partial charge in [0.1, 0.15) is 5.75 Å². The van der Waals surface area contributed by atoms with Crippen molar-refractivity contribution in [1.82, 2.24) is 4.90 Å². The van der Waals surface area contributed by atoms with Gasteiger partial charge in [-0.15, -0.1) is 0 Å². The first-order chi connectivity index (χ1) is 10.3. The van der Waals surface area contributed by atoms with E-state index in [2.05, 4.69) is 22.8 Å². The number of methoxy groups -OCH3 is 1. The summed E-state index contributed by atoms with van der Waals surface area (Å²) < 4.78 is 5.36. The van der Waals surface area contributed by atoms with Crippen molar-refractivity contribution in [3.8, 4) is 17.6 Å². The van der Waals surface area contributed by atoms with Gasteiger partial charge in [-0.2, -0.15) is 0 Å². The van der Waals surface area contributed by atoms with E-state index in [9.17, 15) is 0 Å². The second kappa shape index (κ2) is 8.71. The van der Waals surface area contributed by atoms with Gasteiger partial charge in [0.2, 0.25) is 0 Å². The number of hydrogen-bond acceptors (Lipinski definition) is 3. The molecule has 0 aromatic heterocycles. The number of hydrogen-bond donors (Lipinski definition) is 1. The highest BCUT2D eigenvalue weighted by Gasteiger charge is 2.11. The van der Waals surface area contributed by atoms with Crippen molar-refractivity contribution in [2.45, 2.75) is 38.6 Å². The van der Waals surface area contributed by atoms with Crippen LogP contribution in [-0.2, 0) is 6.54 Å². The molecule has 1 aliphatic rings. The van der Waals surface area contributed by atoms with E-state index in [0.717, 1.165) is 17.9 Å². The number of likely N-dealkylation sites (tertiary alicyclic amines) is 1. The van der Waals surface area contributed by atoms with Gasteiger partial charge in [-0.3, -0.25) is 4.90 Å². The van der Waals surface area contributed by atoms with Crippen molar-refractivity contribution in [1.29, 1.82) is 0 Å². The lowest BCUT2D eigenvalue weighted by Gasteiger charge is -2.25. The number of nitrogens with zero attached hydrogens (tertiary/aromatic N) is 1. The third-order valence-corrected chi connectivity index (χ3v) is 3.98. The normalized spacial score (nSPS) is 16.5. The van der Waals surface area contributed by atoms with E-state index in [1.54, 1.807) is 7.11 Å². The summed E-state index contributed by atoms with van der Waals surface area (Å²) in [5, 5.41) is 0. The molecule has 3 heteroatoms. The second-order valence-electron chi connectivity index (χ2n) is 5.57. The van der Waals surface area contributed by atoms with Crippen molar-refractivity contribution in [2.24, 2.45) is 5.73 Å². The Kier molecular flexibility index (Phi) is 6.59. The molecular weight excluding hydrogens is 260 g/mol. The molecule has 0 radical (unpaired) electrons. The lowest BCUT2D eigenvalue weighted by Crippen LogP contribution is -2.27. The maximum atomic E-state index is 5.50. The summed E-state index contributed by atoms with van der Waals surface area (Å²) in [6.07, 6.45) is 6.70. The molecule has 0 saturated carbocycles. The molecule has 21 heavy (non-hydrogen) atoms. The first kappa shape index (κ1) is 15.9. The summed E-state index contributed by atoms with van der Waals surface area (Å²) in [5.41, 5.74) is 7.81. The Bertz CT molecular complexity index is 494. The van der Waals surface area contributed by atoms with E-state index in [1.165, 1.54) is 50.8 Å². The highest BCUT2D eigenvalue weighted by atomic mass is 16.5. The molecule has 1 aliphatic heterocycles. The summed E-state index contributed by atoms with van der Waals surface area (Å²) in [7, 11) is 1.71. The fourth-order valence-electron chi connectivity index (χ4n) is 2.81. The van der Waals surface area contributed by atoms with Crippen LogP contribution in [0.1, 0.15) is 43.2 Å². The first-order valence-corrected chi connectivity index (χ1v) is 7.91. The molecule has 0 spiro atoms. The van der Waals surface area contributed by atoms with E-state index in [1.807, 2.05) is 12.1 Å². The lowest BCUT2D eigenvalue weighted by molar-refractivity contribution is 0.239. The van der Waals surface area contributed by atoms with Gasteiger partial charge < -0.3 is 10.5 Å². The molecule has 0 unspecified atom stereocenters. The molecule has 1 aromatic rings. The zero-order chi connectivity index (χ0) is 14.9. The molecule has 2 N–H and O–H groups in total.